The third kappa shape index (κ3) is 51.2. The van der Waals surface area contributed by atoms with Crippen molar-refractivity contribution in [3.05, 3.63) is 109 Å². The molecule has 0 saturated carbocycles. The van der Waals surface area contributed by atoms with Crippen LogP contribution in [0, 0.1) is 0 Å². The van der Waals surface area contributed by atoms with Crippen LogP contribution in [0.1, 0.15) is 226 Å². The zero-order valence-electron chi connectivity index (χ0n) is 41.8. The lowest BCUT2D eigenvalue weighted by Gasteiger charge is -2.18. The van der Waals surface area contributed by atoms with Gasteiger partial charge in [0.25, 0.3) is 0 Å². The smallest absolute Gasteiger partial charge is 0.306 e. The van der Waals surface area contributed by atoms with Crippen molar-refractivity contribution in [2.24, 2.45) is 0 Å². The molecule has 0 aliphatic rings. The summed E-state index contributed by atoms with van der Waals surface area (Å²) in [7, 11) is 0. The molecule has 0 rings (SSSR count). The zero-order chi connectivity index (χ0) is 46.3. The Balaban J connectivity index is 4.38. The van der Waals surface area contributed by atoms with Gasteiger partial charge in [-0.05, 0) is 96.3 Å². The van der Waals surface area contributed by atoms with Crippen molar-refractivity contribution >= 4 is 11.9 Å². The van der Waals surface area contributed by atoms with Crippen molar-refractivity contribution in [1.82, 2.24) is 0 Å². The molecule has 64 heavy (non-hydrogen) atoms. The summed E-state index contributed by atoms with van der Waals surface area (Å²) in [5.41, 5.74) is 0. The van der Waals surface area contributed by atoms with Crippen LogP contribution in [0.15, 0.2) is 109 Å². The highest BCUT2D eigenvalue weighted by Gasteiger charge is 2.17. The standard InChI is InChI=1S/C59H98O5/c1-4-7-10-13-16-19-22-25-27-29-30-32-33-35-37-40-43-46-49-52-58(60)63-56-57(55-62-54-51-48-45-42-39-24-21-18-15-12-9-6-3)64-59(61)53-50-47-44-41-38-36-34-31-28-26-23-20-17-14-11-8-5-2/h7-8,10-11,16-17,19-20,25-28,30,32,34,36,41,44,57H,4-6,9,12-15,18,21-24,29,31,33,35,37-40,42-43,45-56H2,1-3H3/b10-7-,11-8-,19-16-,20-17-,27-25-,28-26-,32-30-,36-34-,44-41-. The van der Waals surface area contributed by atoms with Crippen LogP contribution in [0.25, 0.3) is 0 Å². The Kier molecular flexibility index (Phi) is 51.0. The first-order chi connectivity index (χ1) is 31.6. The van der Waals surface area contributed by atoms with Crippen LogP contribution >= 0.6 is 0 Å². The highest BCUT2D eigenvalue weighted by atomic mass is 16.6. The summed E-state index contributed by atoms with van der Waals surface area (Å²) in [4.78, 5) is 25.4. The first-order valence-electron chi connectivity index (χ1n) is 26.4. The molecule has 0 fully saturated rings. The molecule has 1 atom stereocenters. The first kappa shape index (κ1) is 60.6. The van der Waals surface area contributed by atoms with E-state index in [4.69, 9.17) is 14.2 Å². The second-order valence-corrected chi connectivity index (χ2v) is 17.0. The van der Waals surface area contributed by atoms with E-state index in [2.05, 4.69) is 130 Å². The lowest BCUT2D eigenvalue weighted by atomic mass is 10.1. The van der Waals surface area contributed by atoms with Crippen molar-refractivity contribution in [1.29, 1.82) is 0 Å². The highest BCUT2D eigenvalue weighted by Crippen LogP contribution is 2.13. The minimum atomic E-state index is -0.576. The molecule has 0 saturated heterocycles. The molecule has 5 heteroatoms. The molecule has 0 amide bonds. The first-order valence-corrected chi connectivity index (χ1v) is 26.4. The maximum atomic E-state index is 12.8. The number of unbranched alkanes of at least 4 members (excludes halogenated alkanes) is 18. The van der Waals surface area contributed by atoms with Crippen molar-refractivity contribution in [3.8, 4) is 0 Å². The number of hydrogen-bond donors (Lipinski definition) is 0. The molecule has 0 bridgehead atoms. The number of rotatable bonds is 47. The van der Waals surface area contributed by atoms with Gasteiger partial charge in [0.2, 0.25) is 0 Å². The van der Waals surface area contributed by atoms with Gasteiger partial charge in [0.15, 0.2) is 6.10 Å². The molecular formula is C59H98O5. The van der Waals surface area contributed by atoms with Gasteiger partial charge >= 0.3 is 11.9 Å². The number of carbonyl (C=O) groups excluding carboxylic acids is 2. The van der Waals surface area contributed by atoms with Gasteiger partial charge in [-0.2, -0.15) is 0 Å². The molecule has 0 aromatic rings. The summed E-state index contributed by atoms with van der Waals surface area (Å²) in [5, 5.41) is 0. The van der Waals surface area contributed by atoms with Crippen LogP contribution in [0.2, 0.25) is 0 Å². The van der Waals surface area contributed by atoms with Crippen LogP contribution in [0.3, 0.4) is 0 Å². The lowest BCUT2D eigenvalue weighted by molar-refractivity contribution is -0.162. The molecule has 0 radical (unpaired) electrons. The number of allylic oxidation sites excluding steroid dienone is 18. The van der Waals surface area contributed by atoms with E-state index < -0.39 is 6.10 Å². The van der Waals surface area contributed by atoms with E-state index in [9.17, 15) is 9.59 Å². The number of esters is 2. The molecule has 0 aromatic carbocycles. The molecule has 0 aliphatic heterocycles. The SMILES string of the molecule is CC/C=C\C/C=C\C/C=C\C/C=C\C/C=C\CCCC(=O)OC(COCCCCCCCCCCCCCC)COC(=O)CCCCCCCC/C=C\C/C=C\C/C=C\C/C=C\CC. The third-order valence-electron chi connectivity index (χ3n) is 10.8. The third-order valence-corrected chi connectivity index (χ3v) is 10.8. The average Bonchev–Trinajstić information content (AvgIpc) is 3.30. The van der Waals surface area contributed by atoms with Gasteiger partial charge in [-0.15, -0.1) is 0 Å². The maximum absolute atomic E-state index is 12.8. The van der Waals surface area contributed by atoms with Crippen LogP contribution in [0.4, 0.5) is 0 Å². The van der Waals surface area contributed by atoms with E-state index in [1.54, 1.807) is 0 Å². The Bertz CT molecular complexity index is 1280. The summed E-state index contributed by atoms with van der Waals surface area (Å²) in [5.74, 6) is -0.482. The predicted octanol–water partition coefficient (Wildman–Crippen LogP) is 18.0. The quantitative estimate of drug-likeness (QED) is 0.0346. The Labute approximate surface area is 395 Å². The fourth-order valence-electron chi connectivity index (χ4n) is 6.95. The minimum absolute atomic E-state index is 0.0507. The van der Waals surface area contributed by atoms with E-state index >= 15 is 0 Å². The Morgan fingerprint density at radius 2 is 0.719 bits per heavy atom. The Hall–Kier alpha value is -3.44. The fraction of sp³-hybridized carbons (Fsp3) is 0.661. The topological polar surface area (TPSA) is 61.8 Å². The molecule has 0 aliphatic carbocycles. The Morgan fingerprint density at radius 1 is 0.359 bits per heavy atom. The molecule has 0 aromatic heterocycles. The summed E-state index contributed by atoms with van der Waals surface area (Å²) in [6, 6.07) is 0. The lowest BCUT2D eigenvalue weighted by Crippen LogP contribution is -2.30. The molecule has 364 valence electrons. The average molecular weight is 887 g/mol. The van der Waals surface area contributed by atoms with Crippen molar-refractivity contribution in [2.45, 2.75) is 232 Å². The normalized spacial score (nSPS) is 13.1. The van der Waals surface area contributed by atoms with E-state index in [0.29, 0.717) is 19.4 Å². The van der Waals surface area contributed by atoms with Crippen molar-refractivity contribution in [2.75, 3.05) is 19.8 Å². The van der Waals surface area contributed by atoms with Crippen LogP contribution < -0.4 is 0 Å². The van der Waals surface area contributed by atoms with Crippen molar-refractivity contribution in [3.63, 3.8) is 0 Å². The second kappa shape index (κ2) is 53.9. The van der Waals surface area contributed by atoms with Gasteiger partial charge < -0.3 is 14.2 Å². The van der Waals surface area contributed by atoms with E-state index in [1.165, 1.54) is 83.5 Å². The van der Waals surface area contributed by atoms with Crippen LogP contribution in [-0.4, -0.2) is 37.9 Å². The van der Waals surface area contributed by atoms with E-state index in [-0.39, 0.29) is 25.2 Å². The molecule has 0 spiro atoms. The zero-order valence-corrected chi connectivity index (χ0v) is 41.8. The van der Waals surface area contributed by atoms with Crippen molar-refractivity contribution < 1.29 is 23.8 Å². The monoisotopic (exact) mass is 887 g/mol. The molecular weight excluding hydrogens is 789 g/mol. The van der Waals surface area contributed by atoms with Gasteiger partial charge in [0.05, 0.1) is 6.61 Å². The summed E-state index contributed by atoms with van der Waals surface area (Å²) in [6.45, 7) is 7.53. The van der Waals surface area contributed by atoms with Gasteiger partial charge in [-0.3, -0.25) is 9.59 Å². The number of ether oxygens (including phenoxy) is 3. The number of carbonyl (C=O) groups is 2. The number of hydrogen-bond acceptors (Lipinski definition) is 5. The second-order valence-electron chi connectivity index (χ2n) is 17.0. The van der Waals surface area contributed by atoms with Gasteiger partial charge in [-0.1, -0.05) is 226 Å². The van der Waals surface area contributed by atoms with Crippen LogP contribution in [0.5, 0.6) is 0 Å². The molecule has 0 N–H and O–H groups in total. The van der Waals surface area contributed by atoms with Gasteiger partial charge in [0.1, 0.15) is 6.61 Å². The molecule has 1 unspecified atom stereocenters. The summed E-state index contributed by atoms with van der Waals surface area (Å²) < 4.78 is 17.4. The molecule has 5 nitrogen and oxygen atoms in total. The predicted molar refractivity (Wildman–Crippen MR) is 279 cm³/mol. The van der Waals surface area contributed by atoms with E-state index in [0.717, 1.165) is 109 Å². The largest absolute Gasteiger partial charge is 0.462 e. The maximum Gasteiger partial charge on any atom is 0.306 e. The fourth-order valence-corrected chi connectivity index (χ4v) is 6.95. The molecule has 0 heterocycles. The summed E-state index contributed by atoms with van der Waals surface area (Å²) >= 11 is 0. The minimum Gasteiger partial charge on any atom is -0.462 e. The van der Waals surface area contributed by atoms with Crippen LogP contribution in [-0.2, 0) is 23.8 Å². The highest BCUT2D eigenvalue weighted by molar-refractivity contribution is 5.70. The van der Waals surface area contributed by atoms with Gasteiger partial charge in [-0.25, -0.2) is 0 Å². The van der Waals surface area contributed by atoms with Gasteiger partial charge in [0, 0.05) is 19.4 Å². The summed E-state index contributed by atoms with van der Waals surface area (Å²) in [6.07, 6.45) is 73.9. The Morgan fingerprint density at radius 3 is 1.17 bits per heavy atom. The van der Waals surface area contributed by atoms with E-state index in [1.807, 2.05) is 0 Å².